The van der Waals surface area contributed by atoms with Crippen LogP contribution in [0.3, 0.4) is 0 Å². The number of esters is 1. The van der Waals surface area contributed by atoms with Crippen molar-refractivity contribution in [3.8, 4) is 0 Å². The minimum absolute atomic E-state index is 0.157. The standard InChI is InChI=1S/C15H23NO2/c1-4-5-6-13-7-9-14(10-8-13)12(2)16-11-15(17)18-3/h7-10,12,16H,4-6,11H2,1-3H3. The number of carbonyl (C=O) groups excluding carboxylic acids is 1. The summed E-state index contributed by atoms with van der Waals surface area (Å²) in [5, 5.41) is 3.14. The summed E-state index contributed by atoms with van der Waals surface area (Å²) < 4.78 is 4.60. The van der Waals surface area contributed by atoms with E-state index >= 15 is 0 Å². The van der Waals surface area contributed by atoms with Gasteiger partial charge < -0.3 is 10.1 Å². The normalized spacial score (nSPS) is 12.2. The fourth-order valence-electron chi connectivity index (χ4n) is 1.78. The Labute approximate surface area is 110 Å². The van der Waals surface area contributed by atoms with Crippen molar-refractivity contribution >= 4 is 5.97 Å². The average Bonchev–Trinajstić information content (AvgIpc) is 2.42. The van der Waals surface area contributed by atoms with Crippen molar-refractivity contribution in [2.45, 2.75) is 39.2 Å². The molecule has 0 heterocycles. The molecule has 0 amide bonds. The zero-order chi connectivity index (χ0) is 13.4. The average molecular weight is 249 g/mol. The zero-order valence-corrected chi connectivity index (χ0v) is 11.5. The summed E-state index contributed by atoms with van der Waals surface area (Å²) in [5.74, 6) is -0.235. The van der Waals surface area contributed by atoms with Crippen LogP contribution in [-0.2, 0) is 16.0 Å². The Balaban J connectivity index is 2.48. The van der Waals surface area contributed by atoms with Crippen LogP contribution in [0.4, 0.5) is 0 Å². The molecule has 1 atom stereocenters. The first-order chi connectivity index (χ1) is 8.67. The van der Waals surface area contributed by atoms with E-state index < -0.39 is 0 Å². The first kappa shape index (κ1) is 14.7. The molecule has 0 aromatic heterocycles. The molecule has 0 saturated carbocycles. The molecule has 0 spiro atoms. The first-order valence-electron chi connectivity index (χ1n) is 6.56. The lowest BCUT2D eigenvalue weighted by Crippen LogP contribution is -2.26. The van der Waals surface area contributed by atoms with Crippen molar-refractivity contribution in [1.82, 2.24) is 5.32 Å². The molecule has 18 heavy (non-hydrogen) atoms. The van der Waals surface area contributed by atoms with E-state index in [1.807, 2.05) is 6.92 Å². The van der Waals surface area contributed by atoms with Crippen molar-refractivity contribution < 1.29 is 9.53 Å². The number of unbranched alkanes of at least 4 members (excludes halogenated alkanes) is 1. The van der Waals surface area contributed by atoms with Crippen LogP contribution in [-0.4, -0.2) is 19.6 Å². The fraction of sp³-hybridized carbons (Fsp3) is 0.533. The number of benzene rings is 1. The Kier molecular flexibility index (Phi) is 6.44. The molecule has 0 aliphatic rings. The molecule has 1 rings (SSSR count). The Morgan fingerprint density at radius 2 is 2.00 bits per heavy atom. The predicted octanol–water partition coefficient (Wildman–Crippen LogP) is 2.85. The largest absolute Gasteiger partial charge is 0.468 e. The van der Waals surface area contributed by atoms with Crippen LogP contribution >= 0.6 is 0 Å². The SMILES string of the molecule is CCCCc1ccc(C(C)NCC(=O)OC)cc1. The second-order valence-corrected chi connectivity index (χ2v) is 4.52. The number of hydrogen-bond donors (Lipinski definition) is 1. The van der Waals surface area contributed by atoms with Gasteiger partial charge in [-0.15, -0.1) is 0 Å². The van der Waals surface area contributed by atoms with Gasteiger partial charge in [0, 0.05) is 6.04 Å². The zero-order valence-electron chi connectivity index (χ0n) is 11.5. The lowest BCUT2D eigenvalue weighted by Gasteiger charge is -2.13. The van der Waals surface area contributed by atoms with Crippen LogP contribution in [0.2, 0.25) is 0 Å². The smallest absolute Gasteiger partial charge is 0.319 e. The molecule has 100 valence electrons. The van der Waals surface area contributed by atoms with Gasteiger partial charge in [0.25, 0.3) is 0 Å². The van der Waals surface area contributed by atoms with Gasteiger partial charge in [-0.3, -0.25) is 4.79 Å². The Hall–Kier alpha value is -1.35. The van der Waals surface area contributed by atoms with E-state index in [0.717, 1.165) is 6.42 Å². The van der Waals surface area contributed by atoms with Crippen molar-refractivity contribution in [2.75, 3.05) is 13.7 Å². The highest BCUT2D eigenvalue weighted by atomic mass is 16.5. The highest BCUT2D eigenvalue weighted by Gasteiger charge is 2.07. The first-order valence-corrected chi connectivity index (χ1v) is 6.56. The maximum Gasteiger partial charge on any atom is 0.319 e. The summed E-state index contributed by atoms with van der Waals surface area (Å²) in [5.41, 5.74) is 2.57. The number of hydrogen-bond acceptors (Lipinski definition) is 3. The molecule has 1 aromatic rings. The second-order valence-electron chi connectivity index (χ2n) is 4.52. The summed E-state index contributed by atoms with van der Waals surface area (Å²) in [6.45, 7) is 4.49. The molecular weight excluding hydrogens is 226 g/mol. The number of ether oxygens (including phenoxy) is 1. The summed E-state index contributed by atoms with van der Waals surface area (Å²) >= 11 is 0. The third kappa shape index (κ3) is 4.88. The minimum atomic E-state index is -0.235. The third-order valence-electron chi connectivity index (χ3n) is 3.08. The predicted molar refractivity (Wildman–Crippen MR) is 73.5 cm³/mol. The highest BCUT2D eigenvalue weighted by molar-refractivity contribution is 5.71. The van der Waals surface area contributed by atoms with Crippen LogP contribution < -0.4 is 5.32 Å². The molecule has 1 aromatic carbocycles. The monoisotopic (exact) mass is 249 g/mol. The van der Waals surface area contributed by atoms with Crippen LogP contribution in [0.5, 0.6) is 0 Å². The van der Waals surface area contributed by atoms with Crippen molar-refractivity contribution in [1.29, 1.82) is 0 Å². The summed E-state index contributed by atoms with van der Waals surface area (Å²) in [6, 6.07) is 8.74. The molecule has 0 saturated heterocycles. The number of nitrogens with one attached hydrogen (secondary N) is 1. The molecule has 1 unspecified atom stereocenters. The number of methoxy groups -OCH3 is 1. The Morgan fingerprint density at radius 3 is 2.56 bits per heavy atom. The van der Waals surface area contributed by atoms with E-state index in [4.69, 9.17) is 0 Å². The maximum absolute atomic E-state index is 11.0. The topological polar surface area (TPSA) is 38.3 Å². The van der Waals surface area contributed by atoms with Gasteiger partial charge in [-0.1, -0.05) is 37.6 Å². The maximum atomic E-state index is 11.0. The van der Waals surface area contributed by atoms with Gasteiger partial charge in [-0.25, -0.2) is 0 Å². The number of rotatable bonds is 7. The molecule has 3 nitrogen and oxygen atoms in total. The summed E-state index contributed by atoms with van der Waals surface area (Å²) in [7, 11) is 1.40. The van der Waals surface area contributed by atoms with E-state index in [9.17, 15) is 4.79 Å². The number of aryl methyl sites for hydroxylation is 1. The van der Waals surface area contributed by atoms with Gasteiger partial charge in [-0.2, -0.15) is 0 Å². The highest BCUT2D eigenvalue weighted by Crippen LogP contribution is 2.14. The van der Waals surface area contributed by atoms with Gasteiger partial charge in [0.1, 0.15) is 0 Å². The van der Waals surface area contributed by atoms with Crippen molar-refractivity contribution in [3.05, 3.63) is 35.4 Å². The van der Waals surface area contributed by atoms with Gasteiger partial charge >= 0.3 is 5.97 Å². The minimum Gasteiger partial charge on any atom is -0.468 e. The Morgan fingerprint density at radius 1 is 1.33 bits per heavy atom. The molecule has 0 aliphatic carbocycles. The molecule has 0 radical (unpaired) electrons. The molecule has 0 bridgehead atoms. The van der Waals surface area contributed by atoms with E-state index in [2.05, 4.69) is 41.2 Å². The van der Waals surface area contributed by atoms with Crippen LogP contribution in [0.15, 0.2) is 24.3 Å². The fourth-order valence-corrected chi connectivity index (χ4v) is 1.78. The van der Waals surface area contributed by atoms with Crippen LogP contribution in [0, 0.1) is 0 Å². The Bertz CT molecular complexity index is 359. The lowest BCUT2D eigenvalue weighted by atomic mass is 10.0. The lowest BCUT2D eigenvalue weighted by molar-refractivity contribution is -0.139. The molecule has 0 aliphatic heterocycles. The van der Waals surface area contributed by atoms with E-state index in [1.165, 1.54) is 31.1 Å². The van der Waals surface area contributed by atoms with E-state index in [1.54, 1.807) is 0 Å². The second kappa shape index (κ2) is 7.88. The van der Waals surface area contributed by atoms with Crippen molar-refractivity contribution in [2.24, 2.45) is 0 Å². The molecule has 3 heteroatoms. The van der Waals surface area contributed by atoms with E-state index in [0.29, 0.717) is 0 Å². The van der Waals surface area contributed by atoms with Crippen molar-refractivity contribution in [3.63, 3.8) is 0 Å². The molecule has 1 N–H and O–H groups in total. The summed E-state index contributed by atoms with van der Waals surface area (Å²) in [6.07, 6.45) is 3.59. The van der Waals surface area contributed by atoms with Gasteiger partial charge in [0.05, 0.1) is 13.7 Å². The van der Waals surface area contributed by atoms with E-state index in [-0.39, 0.29) is 18.6 Å². The number of carbonyl (C=O) groups is 1. The van der Waals surface area contributed by atoms with Gasteiger partial charge in [-0.05, 0) is 30.9 Å². The molecular formula is C15H23NO2. The quantitative estimate of drug-likeness (QED) is 0.755. The summed E-state index contributed by atoms with van der Waals surface area (Å²) in [4.78, 5) is 11.0. The van der Waals surface area contributed by atoms with Crippen LogP contribution in [0.1, 0.15) is 43.9 Å². The van der Waals surface area contributed by atoms with Crippen LogP contribution in [0.25, 0.3) is 0 Å². The third-order valence-corrected chi connectivity index (χ3v) is 3.08. The molecule has 0 fully saturated rings. The van der Waals surface area contributed by atoms with Gasteiger partial charge in [0.15, 0.2) is 0 Å². The van der Waals surface area contributed by atoms with Gasteiger partial charge in [0.2, 0.25) is 0 Å².